The van der Waals surface area contributed by atoms with Gasteiger partial charge in [-0.1, -0.05) is 13.8 Å². The van der Waals surface area contributed by atoms with Crippen LogP contribution >= 0.6 is 0 Å². The van der Waals surface area contributed by atoms with Crippen molar-refractivity contribution in [3.63, 3.8) is 0 Å². The molecule has 0 radical (unpaired) electrons. The first-order valence-corrected chi connectivity index (χ1v) is 5.64. The summed E-state index contributed by atoms with van der Waals surface area (Å²) >= 11 is 0. The number of nitrogens with zero attached hydrogens (tertiary/aromatic N) is 3. The molecule has 1 aromatic heterocycles. The highest BCUT2D eigenvalue weighted by Gasteiger charge is 2.14. The molecule has 1 amide bonds. The summed E-state index contributed by atoms with van der Waals surface area (Å²) in [6.45, 7) is 4.80. The van der Waals surface area contributed by atoms with Crippen LogP contribution in [0.15, 0.2) is 6.07 Å². The van der Waals surface area contributed by atoms with Gasteiger partial charge in [-0.15, -0.1) is 0 Å². The summed E-state index contributed by atoms with van der Waals surface area (Å²) in [6, 6.07) is 1.63. The zero-order chi connectivity index (χ0) is 13.7. The number of nitrogens with two attached hydrogens (primary N) is 2. The molecule has 0 aliphatic rings. The lowest BCUT2D eigenvalue weighted by molar-refractivity contribution is -0.116. The molecule has 1 heterocycles. The number of hydrogen-bond acceptors (Lipinski definition) is 6. The van der Waals surface area contributed by atoms with Crippen LogP contribution in [0.5, 0.6) is 5.88 Å². The van der Waals surface area contributed by atoms with Gasteiger partial charge in [-0.3, -0.25) is 4.79 Å². The van der Waals surface area contributed by atoms with Crippen LogP contribution in [0.2, 0.25) is 0 Å². The van der Waals surface area contributed by atoms with Crippen molar-refractivity contribution in [2.45, 2.75) is 13.8 Å². The molecule has 0 saturated heterocycles. The van der Waals surface area contributed by atoms with Crippen molar-refractivity contribution < 1.29 is 9.53 Å². The maximum Gasteiger partial charge on any atom is 0.236 e. The van der Waals surface area contributed by atoms with E-state index in [1.165, 1.54) is 7.11 Å². The highest BCUT2D eigenvalue weighted by atomic mass is 16.5. The van der Waals surface area contributed by atoms with Gasteiger partial charge < -0.3 is 21.1 Å². The second kappa shape index (κ2) is 6.04. The fourth-order valence-corrected chi connectivity index (χ4v) is 1.56. The predicted molar refractivity (Wildman–Crippen MR) is 69.2 cm³/mol. The van der Waals surface area contributed by atoms with E-state index in [9.17, 15) is 4.79 Å². The average Bonchev–Trinajstić information content (AvgIpc) is 2.26. The number of methoxy groups -OCH3 is 1. The Bertz CT molecular complexity index is 422. The number of nitrogen functional groups attached to an aromatic ring is 1. The molecule has 1 rings (SSSR count). The molecule has 0 spiro atoms. The average molecular weight is 253 g/mol. The van der Waals surface area contributed by atoms with E-state index in [0.29, 0.717) is 24.2 Å². The van der Waals surface area contributed by atoms with Gasteiger partial charge in [-0.25, -0.2) is 0 Å². The largest absolute Gasteiger partial charge is 0.481 e. The Morgan fingerprint density at radius 3 is 2.67 bits per heavy atom. The number of rotatable bonds is 6. The van der Waals surface area contributed by atoms with E-state index in [-0.39, 0.29) is 12.5 Å². The summed E-state index contributed by atoms with van der Waals surface area (Å²) in [5.74, 6) is 0.920. The highest BCUT2D eigenvalue weighted by molar-refractivity contribution is 5.79. The van der Waals surface area contributed by atoms with Gasteiger partial charge >= 0.3 is 0 Å². The van der Waals surface area contributed by atoms with Gasteiger partial charge in [0.25, 0.3) is 0 Å². The Morgan fingerprint density at radius 1 is 1.50 bits per heavy atom. The number of hydrogen-bond donors (Lipinski definition) is 2. The molecular formula is C11H19N5O2. The summed E-state index contributed by atoms with van der Waals surface area (Å²) in [6.07, 6.45) is 0. The van der Waals surface area contributed by atoms with Crippen LogP contribution in [-0.2, 0) is 4.79 Å². The van der Waals surface area contributed by atoms with E-state index in [4.69, 9.17) is 16.2 Å². The lowest BCUT2D eigenvalue weighted by atomic mass is 10.2. The monoisotopic (exact) mass is 253 g/mol. The molecule has 4 N–H and O–H groups in total. The maximum absolute atomic E-state index is 11.1. The number of amides is 1. The van der Waals surface area contributed by atoms with E-state index in [2.05, 4.69) is 9.97 Å². The SMILES string of the molecule is COc1cc(N(CC(N)=O)CC(C)C)nc(N)n1. The van der Waals surface area contributed by atoms with Crippen LogP contribution < -0.4 is 21.1 Å². The summed E-state index contributed by atoms with van der Waals surface area (Å²) < 4.78 is 5.02. The lowest BCUT2D eigenvalue weighted by Gasteiger charge is -2.24. The molecule has 0 atom stereocenters. The van der Waals surface area contributed by atoms with Crippen LogP contribution in [0.4, 0.5) is 11.8 Å². The molecule has 18 heavy (non-hydrogen) atoms. The number of ether oxygens (including phenoxy) is 1. The summed E-state index contributed by atoms with van der Waals surface area (Å²) in [5.41, 5.74) is 10.8. The Hall–Kier alpha value is -2.05. The number of carbonyl (C=O) groups excluding carboxylic acids is 1. The van der Waals surface area contributed by atoms with Crippen molar-refractivity contribution in [1.82, 2.24) is 9.97 Å². The minimum absolute atomic E-state index is 0.0811. The molecular weight excluding hydrogens is 234 g/mol. The van der Waals surface area contributed by atoms with E-state index in [1.54, 1.807) is 11.0 Å². The first-order chi connectivity index (χ1) is 8.42. The van der Waals surface area contributed by atoms with Gasteiger partial charge in [0, 0.05) is 12.6 Å². The fraction of sp³-hybridized carbons (Fsp3) is 0.545. The Labute approximate surface area is 106 Å². The van der Waals surface area contributed by atoms with Crippen LogP contribution in [0.25, 0.3) is 0 Å². The Balaban J connectivity index is 3.02. The molecule has 0 saturated carbocycles. The van der Waals surface area contributed by atoms with E-state index in [0.717, 1.165) is 0 Å². The molecule has 7 nitrogen and oxygen atoms in total. The second-order valence-electron chi connectivity index (χ2n) is 4.37. The molecule has 1 aromatic rings. The van der Waals surface area contributed by atoms with E-state index < -0.39 is 5.91 Å². The van der Waals surface area contributed by atoms with Crippen LogP contribution in [0.1, 0.15) is 13.8 Å². The van der Waals surface area contributed by atoms with Crippen molar-refractivity contribution >= 4 is 17.7 Å². The third-order valence-corrected chi connectivity index (χ3v) is 2.17. The van der Waals surface area contributed by atoms with Gasteiger partial charge in [0.15, 0.2) is 0 Å². The van der Waals surface area contributed by atoms with Crippen molar-refractivity contribution in [3.8, 4) is 5.88 Å². The molecule has 7 heteroatoms. The Kier molecular flexibility index (Phi) is 4.70. The minimum atomic E-state index is -0.424. The third-order valence-electron chi connectivity index (χ3n) is 2.17. The lowest BCUT2D eigenvalue weighted by Crippen LogP contribution is -2.37. The number of carbonyl (C=O) groups is 1. The number of primary amides is 1. The fourth-order valence-electron chi connectivity index (χ4n) is 1.56. The number of aromatic nitrogens is 2. The molecule has 0 unspecified atom stereocenters. The van der Waals surface area contributed by atoms with Gasteiger partial charge in [-0.05, 0) is 5.92 Å². The molecule has 0 aliphatic carbocycles. The topological polar surface area (TPSA) is 107 Å². The van der Waals surface area contributed by atoms with Gasteiger partial charge in [-0.2, -0.15) is 9.97 Å². The van der Waals surface area contributed by atoms with Crippen molar-refractivity contribution in [3.05, 3.63) is 6.07 Å². The molecule has 0 aliphatic heterocycles. The summed E-state index contributed by atoms with van der Waals surface area (Å²) in [7, 11) is 1.49. The van der Waals surface area contributed by atoms with Crippen molar-refractivity contribution in [2.75, 3.05) is 30.8 Å². The molecule has 0 bridgehead atoms. The van der Waals surface area contributed by atoms with E-state index >= 15 is 0 Å². The minimum Gasteiger partial charge on any atom is -0.481 e. The highest BCUT2D eigenvalue weighted by Crippen LogP contribution is 2.19. The molecule has 0 aromatic carbocycles. The molecule has 0 fully saturated rings. The standard InChI is InChI=1S/C11H19N5O2/c1-7(2)5-16(6-8(12)17)9-4-10(18-3)15-11(13)14-9/h4,7H,5-6H2,1-3H3,(H2,12,17)(H2,13,14,15). The van der Waals surface area contributed by atoms with Crippen LogP contribution in [-0.4, -0.2) is 36.1 Å². The van der Waals surface area contributed by atoms with Crippen molar-refractivity contribution in [2.24, 2.45) is 11.7 Å². The second-order valence-corrected chi connectivity index (χ2v) is 4.37. The molecule has 100 valence electrons. The number of anilines is 2. The smallest absolute Gasteiger partial charge is 0.236 e. The predicted octanol–water partition coefficient (Wildman–Crippen LogP) is 0.0151. The van der Waals surface area contributed by atoms with Gasteiger partial charge in [0.05, 0.1) is 13.7 Å². The van der Waals surface area contributed by atoms with E-state index in [1.807, 2.05) is 13.8 Å². The van der Waals surface area contributed by atoms with Gasteiger partial charge in [0.2, 0.25) is 17.7 Å². The summed E-state index contributed by atoms with van der Waals surface area (Å²) in [4.78, 5) is 20.8. The zero-order valence-corrected chi connectivity index (χ0v) is 10.9. The van der Waals surface area contributed by atoms with Crippen LogP contribution in [0, 0.1) is 5.92 Å². The van der Waals surface area contributed by atoms with Crippen molar-refractivity contribution in [1.29, 1.82) is 0 Å². The Morgan fingerprint density at radius 2 is 2.17 bits per heavy atom. The zero-order valence-electron chi connectivity index (χ0n) is 10.9. The van der Waals surface area contributed by atoms with Gasteiger partial charge in [0.1, 0.15) is 5.82 Å². The van der Waals surface area contributed by atoms with Crippen LogP contribution in [0.3, 0.4) is 0 Å². The summed E-state index contributed by atoms with van der Waals surface area (Å²) in [5, 5.41) is 0. The first-order valence-electron chi connectivity index (χ1n) is 5.64. The maximum atomic E-state index is 11.1. The normalized spacial score (nSPS) is 10.4. The third kappa shape index (κ3) is 4.08. The first kappa shape index (κ1) is 14.0. The quantitative estimate of drug-likeness (QED) is 0.739.